The summed E-state index contributed by atoms with van der Waals surface area (Å²) in [7, 11) is 1.31. The largest absolute Gasteiger partial charge is 0.490 e. The molecular formula is C13H13FN2O3S. The van der Waals surface area contributed by atoms with Gasteiger partial charge in [0.1, 0.15) is 0 Å². The number of ether oxygens (including phenoxy) is 1. The monoisotopic (exact) mass is 296 g/mol. The summed E-state index contributed by atoms with van der Waals surface area (Å²) in [6, 6.07) is 4.15. The van der Waals surface area contributed by atoms with E-state index in [0.717, 1.165) is 16.5 Å². The van der Waals surface area contributed by atoms with Crippen LogP contribution in [0.1, 0.15) is 10.4 Å². The van der Waals surface area contributed by atoms with E-state index in [4.69, 9.17) is 4.74 Å². The number of aryl methyl sites for hydroxylation is 1. The van der Waals surface area contributed by atoms with Crippen molar-refractivity contribution in [1.82, 2.24) is 0 Å². The summed E-state index contributed by atoms with van der Waals surface area (Å²) < 4.78 is 18.8. The zero-order valence-electron chi connectivity index (χ0n) is 11.0. The van der Waals surface area contributed by atoms with Crippen molar-refractivity contribution >= 4 is 22.7 Å². The van der Waals surface area contributed by atoms with Crippen molar-refractivity contribution in [1.29, 1.82) is 0 Å². The van der Waals surface area contributed by atoms with Crippen LogP contribution < -0.4 is 10.1 Å². The summed E-state index contributed by atoms with van der Waals surface area (Å²) in [6.07, 6.45) is 0. The lowest BCUT2D eigenvalue weighted by Crippen LogP contribution is -2.03. The van der Waals surface area contributed by atoms with E-state index in [1.807, 2.05) is 18.4 Å². The number of nitro benzene ring substituents is 1. The van der Waals surface area contributed by atoms with Crippen LogP contribution in [0.25, 0.3) is 0 Å². The molecule has 1 aromatic carbocycles. The predicted molar refractivity (Wildman–Crippen MR) is 76.0 cm³/mol. The van der Waals surface area contributed by atoms with Gasteiger partial charge in [0, 0.05) is 17.5 Å². The highest BCUT2D eigenvalue weighted by Crippen LogP contribution is 2.32. The predicted octanol–water partition coefficient (Wildman–Crippen LogP) is 3.72. The van der Waals surface area contributed by atoms with Gasteiger partial charge >= 0.3 is 5.69 Å². The lowest BCUT2D eigenvalue weighted by Gasteiger charge is -2.09. The van der Waals surface area contributed by atoms with Crippen LogP contribution in [0.3, 0.4) is 0 Å². The maximum atomic E-state index is 13.8. The topological polar surface area (TPSA) is 64.4 Å². The van der Waals surface area contributed by atoms with E-state index in [0.29, 0.717) is 6.54 Å². The molecular weight excluding hydrogens is 283 g/mol. The third-order valence-corrected chi connectivity index (χ3v) is 3.90. The van der Waals surface area contributed by atoms with Crippen LogP contribution in [0.4, 0.5) is 15.8 Å². The summed E-state index contributed by atoms with van der Waals surface area (Å²) in [5.41, 5.74) is 0.917. The number of anilines is 1. The first-order chi connectivity index (χ1) is 9.52. The van der Waals surface area contributed by atoms with E-state index in [9.17, 15) is 14.5 Å². The Morgan fingerprint density at radius 2 is 2.25 bits per heavy atom. The zero-order valence-corrected chi connectivity index (χ0v) is 11.8. The van der Waals surface area contributed by atoms with Crippen molar-refractivity contribution < 1.29 is 14.1 Å². The number of thiophene rings is 1. The van der Waals surface area contributed by atoms with E-state index in [-0.39, 0.29) is 17.1 Å². The van der Waals surface area contributed by atoms with Crippen LogP contribution in [0.15, 0.2) is 23.6 Å². The van der Waals surface area contributed by atoms with Gasteiger partial charge < -0.3 is 10.1 Å². The van der Waals surface area contributed by atoms with Gasteiger partial charge in [-0.2, -0.15) is 0 Å². The first-order valence-electron chi connectivity index (χ1n) is 5.81. The maximum Gasteiger partial charge on any atom is 0.313 e. The molecule has 20 heavy (non-hydrogen) atoms. The molecule has 0 saturated carbocycles. The number of hydrogen-bond donors (Lipinski definition) is 1. The van der Waals surface area contributed by atoms with Crippen LogP contribution in [0.5, 0.6) is 5.75 Å². The SMILES string of the molecule is COc1cc(NCc2sccc2C)c(F)cc1[N+](=O)[O-]. The minimum atomic E-state index is -0.674. The van der Waals surface area contributed by atoms with Crippen molar-refractivity contribution in [2.24, 2.45) is 0 Å². The minimum absolute atomic E-state index is 0.0294. The Morgan fingerprint density at radius 3 is 2.80 bits per heavy atom. The molecule has 1 N–H and O–H groups in total. The molecule has 0 aliphatic rings. The number of halogens is 1. The van der Waals surface area contributed by atoms with Gasteiger partial charge in [0.25, 0.3) is 0 Å². The van der Waals surface area contributed by atoms with Gasteiger partial charge in [-0.05, 0) is 23.9 Å². The molecule has 5 nitrogen and oxygen atoms in total. The van der Waals surface area contributed by atoms with E-state index in [1.165, 1.54) is 13.2 Å². The molecule has 0 fully saturated rings. The van der Waals surface area contributed by atoms with Crippen molar-refractivity contribution in [2.75, 3.05) is 12.4 Å². The maximum absolute atomic E-state index is 13.8. The fourth-order valence-corrected chi connectivity index (χ4v) is 2.59. The smallest absolute Gasteiger partial charge is 0.313 e. The van der Waals surface area contributed by atoms with Crippen LogP contribution in [-0.2, 0) is 6.54 Å². The molecule has 7 heteroatoms. The Balaban J connectivity index is 2.24. The quantitative estimate of drug-likeness (QED) is 0.674. The summed E-state index contributed by atoms with van der Waals surface area (Å²) in [4.78, 5) is 11.2. The molecule has 0 radical (unpaired) electrons. The van der Waals surface area contributed by atoms with Crippen LogP contribution >= 0.6 is 11.3 Å². The second-order valence-corrected chi connectivity index (χ2v) is 5.14. The Hall–Kier alpha value is -2.15. The molecule has 0 amide bonds. The third-order valence-electron chi connectivity index (χ3n) is 2.87. The molecule has 0 unspecified atom stereocenters. The highest BCUT2D eigenvalue weighted by atomic mass is 32.1. The number of nitrogens with zero attached hydrogens (tertiary/aromatic N) is 1. The number of rotatable bonds is 5. The number of benzene rings is 1. The molecule has 0 spiro atoms. The van der Waals surface area contributed by atoms with Crippen molar-refractivity contribution in [2.45, 2.75) is 13.5 Å². The average Bonchev–Trinajstić information content (AvgIpc) is 2.82. The van der Waals surface area contributed by atoms with Gasteiger partial charge in [-0.3, -0.25) is 10.1 Å². The van der Waals surface area contributed by atoms with Crippen LogP contribution in [0, 0.1) is 22.9 Å². The van der Waals surface area contributed by atoms with Gasteiger partial charge in [-0.1, -0.05) is 0 Å². The van der Waals surface area contributed by atoms with E-state index < -0.39 is 10.7 Å². The van der Waals surface area contributed by atoms with Gasteiger partial charge in [0.2, 0.25) is 0 Å². The Bertz CT molecular complexity index is 643. The van der Waals surface area contributed by atoms with Crippen molar-refractivity contribution in [3.63, 3.8) is 0 Å². The van der Waals surface area contributed by atoms with Crippen LogP contribution in [0.2, 0.25) is 0 Å². The zero-order chi connectivity index (χ0) is 14.7. The molecule has 0 saturated heterocycles. The van der Waals surface area contributed by atoms with Crippen LogP contribution in [-0.4, -0.2) is 12.0 Å². The minimum Gasteiger partial charge on any atom is -0.490 e. The lowest BCUT2D eigenvalue weighted by molar-refractivity contribution is -0.385. The first-order valence-corrected chi connectivity index (χ1v) is 6.69. The molecule has 0 atom stereocenters. The summed E-state index contributed by atoms with van der Waals surface area (Å²) >= 11 is 1.57. The number of methoxy groups -OCH3 is 1. The standard InChI is InChI=1S/C13H13FN2O3S/c1-8-3-4-20-13(8)7-15-10-6-12(19-2)11(16(17)18)5-9(10)14/h3-6,15H,7H2,1-2H3. The molecule has 0 aliphatic carbocycles. The Kier molecular flexibility index (Phi) is 4.19. The molecule has 1 heterocycles. The van der Waals surface area contributed by atoms with Crippen molar-refractivity contribution in [3.05, 3.63) is 50.0 Å². The second-order valence-electron chi connectivity index (χ2n) is 4.14. The summed E-state index contributed by atoms with van der Waals surface area (Å²) in [6.45, 7) is 2.43. The Morgan fingerprint density at radius 1 is 1.50 bits per heavy atom. The number of nitrogens with one attached hydrogen (secondary N) is 1. The molecule has 0 bridgehead atoms. The van der Waals surface area contributed by atoms with Gasteiger partial charge in [0.05, 0.1) is 23.8 Å². The average molecular weight is 296 g/mol. The van der Waals surface area contributed by atoms with Gasteiger partial charge in [-0.25, -0.2) is 4.39 Å². The number of hydrogen-bond acceptors (Lipinski definition) is 5. The first kappa shape index (κ1) is 14.3. The third kappa shape index (κ3) is 2.88. The fraction of sp³-hybridized carbons (Fsp3) is 0.231. The van der Waals surface area contributed by atoms with E-state index in [1.54, 1.807) is 11.3 Å². The van der Waals surface area contributed by atoms with Crippen molar-refractivity contribution in [3.8, 4) is 5.75 Å². The molecule has 106 valence electrons. The van der Waals surface area contributed by atoms with Gasteiger partial charge in [-0.15, -0.1) is 11.3 Å². The van der Waals surface area contributed by atoms with Gasteiger partial charge in [0.15, 0.2) is 11.6 Å². The molecule has 0 aliphatic heterocycles. The normalized spacial score (nSPS) is 10.3. The highest BCUT2D eigenvalue weighted by Gasteiger charge is 2.19. The second kappa shape index (κ2) is 5.87. The number of nitro groups is 1. The summed E-state index contributed by atoms with van der Waals surface area (Å²) in [5, 5.41) is 15.7. The molecule has 1 aromatic heterocycles. The van der Waals surface area contributed by atoms with E-state index >= 15 is 0 Å². The highest BCUT2D eigenvalue weighted by molar-refractivity contribution is 7.10. The lowest BCUT2D eigenvalue weighted by atomic mass is 10.2. The molecule has 2 rings (SSSR count). The summed E-state index contributed by atoms with van der Waals surface area (Å²) in [5.74, 6) is -0.645. The Labute approximate surface area is 119 Å². The fourth-order valence-electron chi connectivity index (χ4n) is 1.75. The molecule has 2 aromatic rings. The van der Waals surface area contributed by atoms with E-state index in [2.05, 4.69) is 5.32 Å².